The van der Waals surface area contributed by atoms with E-state index in [1.165, 1.54) is 0 Å². The fourth-order valence-electron chi connectivity index (χ4n) is 3.09. The predicted molar refractivity (Wildman–Crippen MR) is 101 cm³/mol. The Bertz CT molecular complexity index is 537. The van der Waals surface area contributed by atoms with Crippen LogP contribution in [0, 0.1) is 0 Å². The van der Waals surface area contributed by atoms with Crippen LogP contribution in [0.2, 0.25) is 0 Å². The third-order valence-corrected chi connectivity index (χ3v) is 5.89. The first kappa shape index (κ1) is 20.8. The van der Waals surface area contributed by atoms with Crippen LogP contribution in [0.15, 0.2) is 0 Å². The van der Waals surface area contributed by atoms with Crippen LogP contribution in [0.5, 0.6) is 0 Å². The van der Waals surface area contributed by atoms with Crippen LogP contribution in [0.25, 0.3) is 0 Å². The zero-order chi connectivity index (χ0) is 19.3. The maximum Gasteiger partial charge on any atom is 0.407 e. The molecule has 148 valence electrons. The van der Waals surface area contributed by atoms with Gasteiger partial charge in [-0.15, -0.1) is 0 Å². The van der Waals surface area contributed by atoms with Crippen molar-refractivity contribution in [2.75, 3.05) is 12.3 Å². The van der Waals surface area contributed by atoms with Crippen molar-refractivity contribution in [1.82, 2.24) is 16.0 Å². The lowest BCUT2D eigenvalue weighted by atomic mass is 10.0. The topological polar surface area (TPSA) is 123 Å². The normalized spacial score (nSPS) is 25.8. The Balaban J connectivity index is 1.58. The summed E-state index contributed by atoms with van der Waals surface area (Å²) in [5.74, 6) is 0.877. The van der Waals surface area contributed by atoms with Crippen LogP contribution in [-0.4, -0.2) is 59.2 Å². The van der Waals surface area contributed by atoms with Gasteiger partial charge in [-0.3, -0.25) is 4.79 Å². The molecule has 4 atom stereocenters. The molecule has 0 bridgehead atoms. The van der Waals surface area contributed by atoms with Gasteiger partial charge in [0.25, 0.3) is 0 Å². The number of ether oxygens (including phenoxy) is 1. The number of thioether (sulfide) groups is 1. The highest BCUT2D eigenvalue weighted by Crippen LogP contribution is 2.33. The van der Waals surface area contributed by atoms with E-state index in [9.17, 15) is 14.4 Å². The van der Waals surface area contributed by atoms with Gasteiger partial charge in [0.2, 0.25) is 0 Å². The fourth-order valence-corrected chi connectivity index (χ4v) is 4.64. The van der Waals surface area contributed by atoms with Crippen molar-refractivity contribution in [1.29, 1.82) is 0 Å². The molecule has 3 amide bonds. The SMILES string of the molecule is CC(C)(C)OC(=O)NCC(N)C(=O)CCCC[C@@H]1SC[C@@H]2NC(=O)N[C@@H]21. The Morgan fingerprint density at radius 1 is 1.35 bits per heavy atom. The zero-order valence-corrected chi connectivity index (χ0v) is 16.5. The van der Waals surface area contributed by atoms with Crippen molar-refractivity contribution in [3.05, 3.63) is 0 Å². The molecule has 0 radical (unpaired) electrons. The third kappa shape index (κ3) is 6.35. The lowest BCUT2D eigenvalue weighted by molar-refractivity contribution is -0.120. The number of carbonyl (C=O) groups is 3. The zero-order valence-electron chi connectivity index (χ0n) is 15.7. The molecule has 0 aliphatic carbocycles. The molecule has 0 saturated carbocycles. The van der Waals surface area contributed by atoms with Crippen LogP contribution in [0.3, 0.4) is 0 Å². The molecule has 2 fully saturated rings. The lowest BCUT2D eigenvalue weighted by Gasteiger charge is -2.20. The minimum absolute atomic E-state index is 0.0613. The van der Waals surface area contributed by atoms with Gasteiger partial charge in [0.05, 0.1) is 18.1 Å². The molecule has 9 heteroatoms. The van der Waals surface area contributed by atoms with E-state index >= 15 is 0 Å². The summed E-state index contributed by atoms with van der Waals surface area (Å²) in [7, 11) is 0. The van der Waals surface area contributed by atoms with E-state index < -0.39 is 17.7 Å². The molecule has 0 aromatic heterocycles. The molecule has 0 aromatic rings. The average Bonchev–Trinajstić information content (AvgIpc) is 3.06. The number of nitrogens with one attached hydrogen (secondary N) is 3. The molecule has 2 heterocycles. The Kier molecular flexibility index (Phi) is 7.16. The van der Waals surface area contributed by atoms with Gasteiger partial charge in [-0.1, -0.05) is 6.42 Å². The number of rotatable bonds is 8. The smallest absolute Gasteiger partial charge is 0.407 e. The molecular formula is C17H30N4O4S. The van der Waals surface area contributed by atoms with Crippen LogP contribution < -0.4 is 21.7 Å². The van der Waals surface area contributed by atoms with E-state index in [2.05, 4.69) is 16.0 Å². The molecule has 0 spiro atoms. The van der Waals surface area contributed by atoms with Gasteiger partial charge in [-0.2, -0.15) is 11.8 Å². The summed E-state index contributed by atoms with van der Waals surface area (Å²) >= 11 is 1.87. The van der Waals surface area contributed by atoms with Crippen LogP contribution in [0.4, 0.5) is 9.59 Å². The average molecular weight is 387 g/mol. The van der Waals surface area contributed by atoms with Gasteiger partial charge in [-0.05, 0) is 33.6 Å². The van der Waals surface area contributed by atoms with Crippen LogP contribution in [-0.2, 0) is 9.53 Å². The number of alkyl carbamates (subject to hydrolysis) is 1. The number of Topliss-reactive ketones (excluding diaryl/α,β-unsaturated/α-hetero) is 1. The van der Waals surface area contributed by atoms with Gasteiger partial charge < -0.3 is 26.4 Å². The number of fused-ring (bicyclic) bond motifs is 1. The maximum atomic E-state index is 12.1. The van der Waals surface area contributed by atoms with Crippen molar-refractivity contribution in [2.45, 2.75) is 75.4 Å². The Hall–Kier alpha value is -1.48. The summed E-state index contributed by atoms with van der Waals surface area (Å²) in [4.78, 5) is 35.0. The molecule has 2 aliphatic rings. The number of ketones is 1. The van der Waals surface area contributed by atoms with Gasteiger partial charge in [0.15, 0.2) is 5.78 Å². The van der Waals surface area contributed by atoms with Crippen molar-refractivity contribution < 1.29 is 19.1 Å². The van der Waals surface area contributed by atoms with Gasteiger partial charge in [-0.25, -0.2) is 9.59 Å². The minimum atomic E-state index is -0.717. The number of hydrogen-bond acceptors (Lipinski definition) is 6. The number of urea groups is 1. The van der Waals surface area contributed by atoms with Gasteiger partial charge in [0.1, 0.15) is 5.60 Å². The molecular weight excluding hydrogens is 356 g/mol. The number of hydrogen-bond donors (Lipinski definition) is 4. The monoisotopic (exact) mass is 386 g/mol. The van der Waals surface area contributed by atoms with Crippen molar-refractivity contribution in [3.63, 3.8) is 0 Å². The second-order valence-corrected chi connectivity index (χ2v) is 9.10. The molecule has 26 heavy (non-hydrogen) atoms. The standard InChI is InChI=1S/C17H30N4O4S/c1-17(2,3)25-16(24)19-8-10(18)12(22)6-4-5-7-13-14-11(9-26-13)20-15(23)21-14/h10-11,13-14H,4-9,18H2,1-3H3,(H,19,24)(H2,20,21,23)/t10?,11-,13-,14-/m0/s1. The second-order valence-electron chi connectivity index (χ2n) is 7.82. The van der Waals surface area contributed by atoms with Crippen molar-refractivity contribution in [2.24, 2.45) is 5.73 Å². The molecule has 5 N–H and O–H groups in total. The highest BCUT2D eigenvalue weighted by Gasteiger charge is 2.42. The Labute approximate surface area is 158 Å². The molecule has 2 aliphatic heterocycles. The summed E-state index contributed by atoms with van der Waals surface area (Å²) in [6, 6.07) is -0.370. The van der Waals surface area contributed by atoms with E-state index in [4.69, 9.17) is 10.5 Å². The van der Waals surface area contributed by atoms with E-state index in [0.29, 0.717) is 11.7 Å². The molecule has 0 aromatic carbocycles. The first-order valence-electron chi connectivity index (χ1n) is 9.09. The van der Waals surface area contributed by atoms with E-state index in [-0.39, 0.29) is 30.4 Å². The van der Waals surface area contributed by atoms with Crippen molar-refractivity contribution in [3.8, 4) is 0 Å². The summed E-state index contributed by atoms with van der Waals surface area (Å²) in [5, 5.41) is 8.81. The quantitative estimate of drug-likeness (QED) is 0.366. The predicted octanol–water partition coefficient (Wildman–Crippen LogP) is 1.13. The van der Waals surface area contributed by atoms with E-state index in [0.717, 1.165) is 25.0 Å². The highest BCUT2D eigenvalue weighted by atomic mass is 32.2. The van der Waals surface area contributed by atoms with E-state index in [1.807, 2.05) is 11.8 Å². The minimum Gasteiger partial charge on any atom is -0.444 e. The van der Waals surface area contributed by atoms with E-state index in [1.54, 1.807) is 20.8 Å². The summed E-state index contributed by atoms with van der Waals surface area (Å²) in [6.07, 6.45) is 2.46. The summed E-state index contributed by atoms with van der Waals surface area (Å²) in [5.41, 5.74) is 5.26. The first-order chi connectivity index (χ1) is 12.2. The molecule has 2 rings (SSSR count). The lowest BCUT2D eigenvalue weighted by Crippen LogP contribution is -2.44. The molecule has 1 unspecified atom stereocenters. The number of unbranched alkanes of at least 4 members (excludes halogenated alkanes) is 1. The third-order valence-electron chi connectivity index (χ3n) is 4.38. The summed E-state index contributed by atoms with van der Waals surface area (Å²) in [6.45, 7) is 5.40. The largest absolute Gasteiger partial charge is 0.444 e. The summed E-state index contributed by atoms with van der Waals surface area (Å²) < 4.78 is 5.11. The van der Waals surface area contributed by atoms with Gasteiger partial charge >= 0.3 is 12.1 Å². The van der Waals surface area contributed by atoms with Gasteiger partial charge in [0, 0.05) is 24.0 Å². The first-order valence-corrected chi connectivity index (χ1v) is 10.1. The highest BCUT2D eigenvalue weighted by molar-refractivity contribution is 8.00. The van der Waals surface area contributed by atoms with Crippen LogP contribution in [0.1, 0.15) is 46.5 Å². The second kappa shape index (κ2) is 8.94. The number of carbonyl (C=O) groups excluding carboxylic acids is 3. The number of nitrogens with two attached hydrogens (primary N) is 1. The van der Waals surface area contributed by atoms with Crippen LogP contribution >= 0.6 is 11.8 Å². The fraction of sp³-hybridized carbons (Fsp3) is 0.824. The van der Waals surface area contributed by atoms with Crippen molar-refractivity contribution >= 4 is 29.7 Å². The maximum absolute atomic E-state index is 12.1. The Morgan fingerprint density at radius 3 is 2.77 bits per heavy atom. The molecule has 2 saturated heterocycles. The Morgan fingerprint density at radius 2 is 2.08 bits per heavy atom. The molecule has 8 nitrogen and oxygen atoms in total. The number of amides is 3.